The van der Waals surface area contributed by atoms with E-state index >= 15 is 0 Å². The van der Waals surface area contributed by atoms with Crippen molar-refractivity contribution in [2.24, 2.45) is 0 Å². The quantitative estimate of drug-likeness (QED) is 0.626. The zero-order valence-electron chi connectivity index (χ0n) is 11.1. The van der Waals surface area contributed by atoms with Crippen LogP contribution in [-0.4, -0.2) is 28.7 Å². The van der Waals surface area contributed by atoms with Gasteiger partial charge in [0.1, 0.15) is 0 Å². The molecule has 19 heavy (non-hydrogen) atoms. The lowest BCUT2D eigenvalue weighted by molar-refractivity contribution is 0.204. The van der Waals surface area contributed by atoms with E-state index in [0.29, 0.717) is 12.3 Å². The molecule has 0 aromatic heterocycles. The first-order chi connectivity index (χ1) is 9.04. The number of ether oxygens (including phenoxy) is 1. The van der Waals surface area contributed by atoms with E-state index in [1.807, 2.05) is 0 Å². The summed E-state index contributed by atoms with van der Waals surface area (Å²) in [6.45, 7) is 0.607. The van der Waals surface area contributed by atoms with Gasteiger partial charge in [0.25, 0.3) is 0 Å². The Labute approximate surface area is 114 Å². The number of hydrogen-bond acceptors (Lipinski definition) is 4. The fourth-order valence-corrected chi connectivity index (χ4v) is 3.49. The molecular weight excluding hydrogens is 264 g/mol. The van der Waals surface area contributed by atoms with Gasteiger partial charge in [0, 0.05) is 19.3 Å². The van der Waals surface area contributed by atoms with Crippen LogP contribution in [0.1, 0.15) is 24.0 Å². The predicted octanol–water partition coefficient (Wildman–Crippen LogP) is 1.07. The first kappa shape index (κ1) is 14.3. The number of sulfonamides is 1. The standard InChI is InChI=1S/C13H20N2O3S/c1-18-7-6-15-19(16,17)11-8-10-4-2-3-5-12(10)13(14)9-11/h8-9,15H,2-7,14H2,1H3. The lowest BCUT2D eigenvalue weighted by atomic mass is 9.91. The minimum Gasteiger partial charge on any atom is -0.398 e. The Kier molecular flexibility index (Phi) is 4.44. The maximum Gasteiger partial charge on any atom is 0.240 e. The molecule has 0 aliphatic heterocycles. The number of anilines is 1. The second-order valence-electron chi connectivity index (χ2n) is 4.75. The number of nitrogen functional groups attached to an aromatic ring is 1. The fraction of sp³-hybridized carbons (Fsp3) is 0.538. The van der Waals surface area contributed by atoms with E-state index < -0.39 is 10.0 Å². The summed E-state index contributed by atoms with van der Waals surface area (Å²) in [5.74, 6) is 0. The molecule has 0 unspecified atom stereocenters. The van der Waals surface area contributed by atoms with Gasteiger partial charge in [-0.1, -0.05) is 0 Å². The van der Waals surface area contributed by atoms with E-state index in [4.69, 9.17) is 10.5 Å². The third-order valence-electron chi connectivity index (χ3n) is 3.38. The largest absolute Gasteiger partial charge is 0.398 e. The molecule has 0 fully saturated rings. The summed E-state index contributed by atoms with van der Waals surface area (Å²) in [5.41, 5.74) is 8.75. The molecule has 106 valence electrons. The highest BCUT2D eigenvalue weighted by Gasteiger charge is 2.19. The molecule has 0 bridgehead atoms. The Morgan fingerprint density at radius 1 is 1.32 bits per heavy atom. The van der Waals surface area contributed by atoms with Crippen molar-refractivity contribution in [3.63, 3.8) is 0 Å². The lowest BCUT2D eigenvalue weighted by Gasteiger charge is -2.19. The number of hydrogen-bond donors (Lipinski definition) is 2. The van der Waals surface area contributed by atoms with E-state index in [1.54, 1.807) is 12.1 Å². The minimum atomic E-state index is -3.50. The van der Waals surface area contributed by atoms with Gasteiger partial charge in [0.05, 0.1) is 11.5 Å². The third kappa shape index (κ3) is 3.26. The molecule has 0 radical (unpaired) electrons. The minimum absolute atomic E-state index is 0.252. The Morgan fingerprint density at radius 2 is 2.05 bits per heavy atom. The number of nitrogens with two attached hydrogens (primary N) is 1. The second-order valence-corrected chi connectivity index (χ2v) is 6.51. The van der Waals surface area contributed by atoms with E-state index in [2.05, 4.69) is 4.72 Å². The summed E-state index contributed by atoms with van der Waals surface area (Å²) in [7, 11) is -1.97. The van der Waals surface area contributed by atoms with Gasteiger partial charge in [-0.05, 0) is 48.9 Å². The Bertz CT molecular complexity index is 555. The topological polar surface area (TPSA) is 81.4 Å². The van der Waals surface area contributed by atoms with Crippen LogP contribution in [0.2, 0.25) is 0 Å². The van der Waals surface area contributed by atoms with Crippen LogP contribution >= 0.6 is 0 Å². The second kappa shape index (κ2) is 5.90. The number of fused-ring (bicyclic) bond motifs is 1. The summed E-state index contributed by atoms with van der Waals surface area (Å²) in [4.78, 5) is 0.252. The van der Waals surface area contributed by atoms with Crippen molar-refractivity contribution >= 4 is 15.7 Å². The third-order valence-corrected chi connectivity index (χ3v) is 4.82. The highest BCUT2D eigenvalue weighted by atomic mass is 32.2. The number of aryl methyl sites for hydroxylation is 1. The van der Waals surface area contributed by atoms with Crippen LogP contribution in [0, 0.1) is 0 Å². The molecule has 3 N–H and O–H groups in total. The molecular formula is C13H20N2O3S. The van der Waals surface area contributed by atoms with Crippen LogP contribution in [0.15, 0.2) is 17.0 Å². The highest BCUT2D eigenvalue weighted by molar-refractivity contribution is 7.89. The van der Waals surface area contributed by atoms with Gasteiger partial charge >= 0.3 is 0 Å². The van der Waals surface area contributed by atoms with Gasteiger partial charge in [0.2, 0.25) is 10.0 Å². The van der Waals surface area contributed by atoms with Gasteiger partial charge in [-0.2, -0.15) is 0 Å². The number of methoxy groups -OCH3 is 1. The van der Waals surface area contributed by atoms with Crippen LogP contribution < -0.4 is 10.5 Å². The smallest absolute Gasteiger partial charge is 0.240 e. The molecule has 1 aromatic carbocycles. The Morgan fingerprint density at radius 3 is 2.79 bits per heavy atom. The number of rotatable bonds is 5. The molecule has 0 saturated carbocycles. The zero-order chi connectivity index (χ0) is 13.9. The molecule has 0 amide bonds. The normalized spacial score (nSPS) is 15.2. The van der Waals surface area contributed by atoms with Crippen molar-refractivity contribution in [2.75, 3.05) is 26.0 Å². The molecule has 0 heterocycles. The van der Waals surface area contributed by atoms with Crippen LogP contribution in [0.25, 0.3) is 0 Å². The van der Waals surface area contributed by atoms with Crippen molar-refractivity contribution < 1.29 is 13.2 Å². The molecule has 2 rings (SSSR count). The summed E-state index contributed by atoms with van der Waals surface area (Å²) >= 11 is 0. The molecule has 0 spiro atoms. The first-order valence-corrected chi connectivity index (χ1v) is 7.93. The van der Waals surface area contributed by atoms with Gasteiger partial charge in [-0.3, -0.25) is 0 Å². The maximum atomic E-state index is 12.1. The van der Waals surface area contributed by atoms with Gasteiger partial charge in [-0.15, -0.1) is 0 Å². The monoisotopic (exact) mass is 284 g/mol. The van der Waals surface area contributed by atoms with Crippen molar-refractivity contribution in [2.45, 2.75) is 30.6 Å². The first-order valence-electron chi connectivity index (χ1n) is 6.44. The lowest BCUT2D eigenvalue weighted by Crippen LogP contribution is -2.27. The van der Waals surface area contributed by atoms with Gasteiger partial charge < -0.3 is 10.5 Å². The molecule has 1 aliphatic carbocycles. The molecule has 5 nitrogen and oxygen atoms in total. The highest BCUT2D eigenvalue weighted by Crippen LogP contribution is 2.29. The number of benzene rings is 1. The van der Waals surface area contributed by atoms with Gasteiger partial charge in [-0.25, -0.2) is 13.1 Å². The van der Waals surface area contributed by atoms with E-state index in [9.17, 15) is 8.42 Å². The van der Waals surface area contributed by atoms with Crippen molar-refractivity contribution in [1.82, 2.24) is 4.72 Å². The zero-order valence-corrected chi connectivity index (χ0v) is 11.9. The molecule has 6 heteroatoms. The number of nitrogens with one attached hydrogen (secondary N) is 1. The summed E-state index contributed by atoms with van der Waals surface area (Å²) in [6, 6.07) is 3.30. The average Bonchev–Trinajstić information content (AvgIpc) is 2.39. The molecule has 0 atom stereocenters. The van der Waals surface area contributed by atoms with E-state index in [-0.39, 0.29) is 11.4 Å². The summed E-state index contributed by atoms with van der Waals surface area (Å²) in [6.07, 6.45) is 4.06. The van der Waals surface area contributed by atoms with Crippen LogP contribution in [0.4, 0.5) is 5.69 Å². The Balaban J connectivity index is 2.27. The predicted molar refractivity (Wildman–Crippen MR) is 74.6 cm³/mol. The van der Waals surface area contributed by atoms with Crippen LogP contribution in [0.3, 0.4) is 0 Å². The van der Waals surface area contributed by atoms with Crippen LogP contribution in [0.5, 0.6) is 0 Å². The van der Waals surface area contributed by atoms with Crippen molar-refractivity contribution in [3.05, 3.63) is 23.3 Å². The Hall–Kier alpha value is -1.11. The van der Waals surface area contributed by atoms with Crippen LogP contribution in [-0.2, 0) is 27.6 Å². The summed E-state index contributed by atoms with van der Waals surface area (Å²) < 4.78 is 31.6. The molecule has 0 saturated heterocycles. The van der Waals surface area contributed by atoms with Crippen molar-refractivity contribution in [3.8, 4) is 0 Å². The average molecular weight is 284 g/mol. The van der Waals surface area contributed by atoms with Crippen molar-refractivity contribution in [1.29, 1.82) is 0 Å². The van der Waals surface area contributed by atoms with E-state index in [0.717, 1.165) is 36.8 Å². The maximum absolute atomic E-state index is 12.1. The van der Waals surface area contributed by atoms with E-state index in [1.165, 1.54) is 7.11 Å². The SMILES string of the molecule is COCCNS(=O)(=O)c1cc(N)c2c(c1)CCCC2. The fourth-order valence-electron chi connectivity index (χ4n) is 2.39. The molecule has 1 aromatic rings. The van der Waals surface area contributed by atoms with Gasteiger partial charge in [0.15, 0.2) is 0 Å². The summed E-state index contributed by atoms with van der Waals surface area (Å²) in [5, 5.41) is 0. The molecule has 1 aliphatic rings.